The average Bonchev–Trinajstić information content (AvgIpc) is 3.03. The predicted octanol–water partition coefficient (Wildman–Crippen LogP) is 1.67. The fourth-order valence-corrected chi connectivity index (χ4v) is 2.66. The van der Waals surface area contributed by atoms with Crippen LogP contribution in [0.25, 0.3) is 10.9 Å². The lowest BCUT2D eigenvalue weighted by Crippen LogP contribution is -2.46. The molecule has 0 fully saturated rings. The van der Waals surface area contributed by atoms with Gasteiger partial charge in [-0.05, 0) is 38.3 Å². The van der Waals surface area contributed by atoms with Crippen molar-refractivity contribution in [2.45, 2.75) is 39.2 Å². The Balaban J connectivity index is 1.67. The van der Waals surface area contributed by atoms with Gasteiger partial charge in [0, 0.05) is 30.1 Å². The second kappa shape index (κ2) is 9.60. The third kappa shape index (κ3) is 5.61. The third-order valence-electron chi connectivity index (χ3n) is 3.99. The van der Waals surface area contributed by atoms with E-state index in [-0.39, 0.29) is 18.9 Å². The van der Waals surface area contributed by atoms with Crippen LogP contribution >= 0.6 is 0 Å². The van der Waals surface area contributed by atoms with Crippen molar-refractivity contribution < 1.29 is 19.1 Å². The molecule has 0 saturated carbocycles. The maximum atomic E-state index is 11.8. The number of benzene rings is 1. The molecule has 2 amide bonds. The first-order chi connectivity index (χ1) is 12.5. The molecule has 0 saturated heterocycles. The summed E-state index contributed by atoms with van der Waals surface area (Å²) in [6.45, 7) is 3.48. The monoisotopic (exact) mass is 359 g/mol. The zero-order valence-corrected chi connectivity index (χ0v) is 15.1. The second-order valence-electron chi connectivity index (χ2n) is 6.06. The third-order valence-corrected chi connectivity index (χ3v) is 3.99. The highest BCUT2D eigenvalue weighted by molar-refractivity contribution is 5.88. The van der Waals surface area contributed by atoms with E-state index in [1.165, 1.54) is 0 Å². The molecule has 1 heterocycles. The molecule has 3 N–H and O–H groups in total. The fourth-order valence-electron chi connectivity index (χ4n) is 2.66. The quantitative estimate of drug-likeness (QED) is 0.593. The Hall–Kier alpha value is -2.83. The van der Waals surface area contributed by atoms with Crippen LogP contribution in [-0.4, -0.2) is 42.0 Å². The van der Waals surface area contributed by atoms with Gasteiger partial charge in [0.05, 0.1) is 0 Å². The van der Waals surface area contributed by atoms with E-state index >= 15 is 0 Å². The molecule has 0 aliphatic carbocycles. The topological polar surface area (TPSA) is 100 Å². The zero-order valence-electron chi connectivity index (χ0n) is 15.1. The minimum Gasteiger partial charge on any atom is -0.456 e. The summed E-state index contributed by atoms with van der Waals surface area (Å²) in [6, 6.07) is 7.34. The number of carbonyl (C=O) groups is 3. The molecule has 1 aromatic carbocycles. The standard InChI is InChI=1S/C19H25N3O4/c1-3-20-19(25)13(2)22-17(23)12-26-18(24)10-6-7-14-11-21-16-9-5-4-8-15(14)16/h4-5,8-9,11,13,21H,3,6-7,10,12H2,1-2H3,(H,20,25)(H,22,23)/t13-/m1/s1. The molecule has 7 heteroatoms. The van der Waals surface area contributed by atoms with E-state index in [0.29, 0.717) is 13.0 Å². The van der Waals surface area contributed by atoms with Gasteiger partial charge in [0.2, 0.25) is 5.91 Å². The largest absolute Gasteiger partial charge is 0.456 e. The molecule has 0 radical (unpaired) electrons. The summed E-state index contributed by atoms with van der Waals surface area (Å²) in [5.41, 5.74) is 2.23. The van der Waals surface area contributed by atoms with Crippen molar-refractivity contribution in [2.75, 3.05) is 13.2 Å². The van der Waals surface area contributed by atoms with Gasteiger partial charge in [-0.1, -0.05) is 18.2 Å². The van der Waals surface area contributed by atoms with Crippen LogP contribution in [0.4, 0.5) is 0 Å². The number of fused-ring (bicyclic) bond motifs is 1. The molecule has 0 aliphatic heterocycles. The van der Waals surface area contributed by atoms with Crippen LogP contribution in [0, 0.1) is 0 Å². The Bertz CT molecular complexity index is 769. The molecule has 0 unspecified atom stereocenters. The second-order valence-corrected chi connectivity index (χ2v) is 6.06. The highest BCUT2D eigenvalue weighted by Crippen LogP contribution is 2.19. The van der Waals surface area contributed by atoms with Crippen molar-refractivity contribution >= 4 is 28.7 Å². The number of rotatable bonds is 9. The van der Waals surface area contributed by atoms with Crippen LogP contribution in [0.1, 0.15) is 32.3 Å². The van der Waals surface area contributed by atoms with E-state index in [4.69, 9.17) is 4.74 Å². The molecule has 1 aromatic heterocycles. The van der Waals surface area contributed by atoms with Gasteiger partial charge in [0.25, 0.3) is 5.91 Å². The van der Waals surface area contributed by atoms with Crippen LogP contribution in [-0.2, 0) is 25.5 Å². The Labute approximate surface area is 152 Å². The number of likely N-dealkylation sites (N-methyl/N-ethyl adjacent to an activating group) is 1. The molecule has 2 aromatic rings. The highest BCUT2D eigenvalue weighted by atomic mass is 16.5. The number of para-hydroxylation sites is 1. The number of aryl methyl sites for hydroxylation is 1. The summed E-state index contributed by atoms with van der Waals surface area (Å²) in [5.74, 6) is -1.19. The number of hydrogen-bond acceptors (Lipinski definition) is 4. The van der Waals surface area contributed by atoms with Crippen molar-refractivity contribution in [2.24, 2.45) is 0 Å². The molecule has 7 nitrogen and oxygen atoms in total. The van der Waals surface area contributed by atoms with Gasteiger partial charge in [0.1, 0.15) is 6.04 Å². The number of aromatic amines is 1. The highest BCUT2D eigenvalue weighted by Gasteiger charge is 2.15. The Morgan fingerprint density at radius 1 is 1.23 bits per heavy atom. The maximum Gasteiger partial charge on any atom is 0.306 e. The average molecular weight is 359 g/mol. The maximum absolute atomic E-state index is 11.8. The van der Waals surface area contributed by atoms with Crippen molar-refractivity contribution in [3.8, 4) is 0 Å². The number of nitrogens with one attached hydrogen (secondary N) is 3. The van der Waals surface area contributed by atoms with Gasteiger partial charge in [0.15, 0.2) is 6.61 Å². The van der Waals surface area contributed by atoms with Gasteiger partial charge < -0.3 is 20.4 Å². The van der Waals surface area contributed by atoms with Crippen molar-refractivity contribution in [1.82, 2.24) is 15.6 Å². The summed E-state index contributed by atoms with van der Waals surface area (Å²) in [7, 11) is 0. The van der Waals surface area contributed by atoms with Crippen molar-refractivity contribution in [3.63, 3.8) is 0 Å². The van der Waals surface area contributed by atoms with Crippen molar-refractivity contribution in [3.05, 3.63) is 36.0 Å². The Morgan fingerprint density at radius 3 is 2.77 bits per heavy atom. The SMILES string of the molecule is CCNC(=O)[C@@H](C)NC(=O)COC(=O)CCCc1c[nH]c2ccccc12. The first-order valence-electron chi connectivity index (χ1n) is 8.79. The minimum absolute atomic E-state index is 0.235. The van der Waals surface area contributed by atoms with Crippen molar-refractivity contribution in [1.29, 1.82) is 0 Å². The molecular weight excluding hydrogens is 334 g/mol. The summed E-state index contributed by atoms with van der Waals surface area (Å²) >= 11 is 0. The van der Waals surface area contributed by atoms with Gasteiger partial charge in [-0.3, -0.25) is 14.4 Å². The molecule has 26 heavy (non-hydrogen) atoms. The summed E-state index contributed by atoms with van der Waals surface area (Å²) in [6.07, 6.45) is 3.57. The van der Waals surface area contributed by atoms with Crippen LogP contribution in [0.15, 0.2) is 30.5 Å². The smallest absolute Gasteiger partial charge is 0.306 e. The predicted molar refractivity (Wildman–Crippen MR) is 98.5 cm³/mol. The van der Waals surface area contributed by atoms with E-state index in [9.17, 15) is 14.4 Å². The molecule has 0 spiro atoms. The van der Waals surface area contributed by atoms with Crippen LogP contribution in [0.2, 0.25) is 0 Å². The molecule has 0 bridgehead atoms. The number of aromatic nitrogens is 1. The van der Waals surface area contributed by atoms with E-state index in [1.807, 2.05) is 30.5 Å². The molecule has 2 rings (SSSR count). The van der Waals surface area contributed by atoms with E-state index in [1.54, 1.807) is 13.8 Å². The molecule has 0 aliphatic rings. The molecular formula is C19H25N3O4. The number of carbonyl (C=O) groups excluding carboxylic acids is 3. The van der Waals surface area contributed by atoms with Crippen LogP contribution in [0.3, 0.4) is 0 Å². The Kier molecular flexibility index (Phi) is 7.20. The lowest BCUT2D eigenvalue weighted by Gasteiger charge is -2.13. The Morgan fingerprint density at radius 2 is 2.00 bits per heavy atom. The summed E-state index contributed by atoms with van der Waals surface area (Å²) < 4.78 is 4.96. The van der Waals surface area contributed by atoms with Crippen LogP contribution < -0.4 is 10.6 Å². The number of ether oxygens (including phenoxy) is 1. The minimum atomic E-state index is -0.664. The number of hydrogen-bond donors (Lipinski definition) is 3. The lowest BCUT2D eigenvalue weighted by atomic mass is 10.1. The summed E-state index contributed by atoms with van der Waals surface area (Å²) in [4.78, 5) is 38.2. The first-order valence-corrected chi connectivity index (χ1v) is 8.79. The number of amides is 2. The van der Waals surface area contributed by atoms with Gasteiger partial charge in [-0.15, -0.1) is 0 Å². The number of esters is 1. The van der Waals surface area contributed by atoms with Gasteiger partial charge in [-0.25, -0.2) is 0 Å². The van der Waals surface area contributed by atoms with Crippen LogP contribution in [0.5, 0.6) is 0 Å². The van der Waals surface area contributed by atoms with E-state index in [2.05, 4.69) is 15.6 Å². The normalized spacial score (nSPS) is 11.8. The van der Waals surface area contributed by atoms with Gasteiger partial charge >= 0.3 is 5.97 Å². The molecule has 1 atom stereocenters. The number of H-pyrrole nitrogens is 1. The fraction of sp³-hybridized carbons (Fsp3) is 0.421. The van der Waals surface area contributed by atoms with E-state index in [0.717, 1.165) is 22.9 Å². The molecule has 140 valence electrons. The van der Waals surface area contributed by atoms with Gasteiger partial charge in [-0.2, -0.15) is 0 Å². The zero-order chi connectivity index (χ0) is 18.9. The first kappa shape index (κ1) is 19.5. The summed E-state index contributed by atoms with van der Waals surface area (Å²) in [5, 5.41) is 6.24. The van der Waals surface area contributed by atoms with E-state index < -0.39 is 17.9 Å². The lowest BCUT2D eigenvalue weighted by molar-refractivity contribution is -0.149.